The van der Waals surface area contributed by atoms with E-state index in [1.807, 2.05) is 0 Å². The number of benzene rings is 1. The molecule has 3 nitrogen and oxygen atoms in total. The number of nitrogens with zero attached hydrogens (tertiary/aromatic N) is 1. The summed E-state index contributed by atoms with van der Waals surface area (Å²) < 4.78 is 37.5. The minimum absolute atomic E-state index is 0.154. The molecule has 0 atom stereocenters. The molecule has 1 rings (SSSR count). The predicted molar refractivity (Wildman–Crippen MR) is 54.3 cm³/mol. The van der Waals surface area contributed by atoms with Crippen LogP contribution in [0.4, 0.5) is 18.9 Å². The van der Waals surface area contributed by atoms with Crippen molar-refractivity contribution in [1.82, 2.24) is 0 Å². The number of anilines is 1. The lowest BCUT2D eigenvalue weighted by molar-refractivity contribution is -0.137. The van der Waals surface area contributed by atoms with Gasteiger partial charge in [0, 0.05) is 25.3 Å². The molecule has 88 valence electrons. The molecule has 0 aromatic heterocycles. The minimum atomic E-state index is -4.49. The van der Waals surface area contributed by atoms with Gasteiger partial charge < -0.3 is 10.6 Å². The molecule has 1 aromatic carbocycles. The number of amides is 1. The molecule has 1 amide bonds. The van der Waals surface area contributed by atoms with Gasteiger partial charge in [-0.1, -0.05) is 0 Å². The van der Waals surface area contributed by atoms with Gasteiger partial charge in [0.05, 0.1) is 5.56 Å². The Morgan fingerprint density at radius 3 is 2.19 bits per heavy atom. The highest BCUT2D eigenvalue weighted by Gasteiger charge is 2.31. The Labute approximate surface area is 90.6 Å². The second kappa shape index (κ2) is 4.03. The first kappa shape index (κ1) is 12.4. The summed E-state index contributed by atoms with van der Waals surface area (Å²) in [6.07, 6.45) is -4.49. The van der Waals surface area contributed by atoms with Crippen LogP contribution in [-0.4, -0.2) is 20.0 Å². The second-order valence-corrected chi connectivity index (χ2v) is 3.52. The van der Waals surface area contributed by atoms with Crippen LogP contribution >= 0.6 is 0 Å². The van der Waals surface area contributed by atoms with E-state index in [-0.39, 0.29) is 11.3 Å². The average Bonchev–Trinajstić information content (AvgIpc) is 2.15. The number of primary amides is 1. The first-order chi connectivity index (χ1) is 7.21. The largest absolute Gasteiger partial charge is 0.416 e. The van der Waals surface area contributed by atoms with Crippen LogP contribution in [0, 0.1) is 0 Å². The van der Waals surface area contributed by atoms with Crippen LogP contribution in [0.1, 0.15) is 15.9 Å². The van der Waals surface area contributed by atoms with Crippen LogP contribution in [0.2, 0.25) is 0 Å². The van der Waals surface area contributed by atoms with Crippen LogP contribution in [0.25, 0.3) is 0 Å². The number of carbonyl (C=O) groups is 1. The lowest BCUT2D eigenvalue weighted by Crippen LogP contribution is -2.17. The van der Waals surface area contributed by atoms with Gasteiger partial charge in [-0.05, 0) is 18.2 Å². The van der Waals surface area contributed by atoms with Crippen LogP contribution in [0.15, 0.2) is 18.2 Å². The van der Waals surface area contributed by atoms with Crippen LogP contribution in [0.5, 0.6) is 0 Å². The molecule has 16 heavy (non-hydrogen) atoms. The molecule has 0 bridgehead atoms. The molecule has 1 aromatic rings. The van der Waals surface area contributed by atoms with E-state index in [1.54, 1.807) is 14.1 Å². The summed E-state index contributed by atoms with van der Waals surface area (Å²) in [5.74, 6) is -0.880. The van der Waals surface area contributed by atoms with Gasteiger partial charge in [0.25, 0.3) is 0 Å². The highest BCUT2D eigenvalue weighted by atomic mass is 19.4. The molecule has 0 saturated carbocycles. The molecule has 0 aliphatic heterocycles. The fourth-order valence-corrected chi connectivity index (χ4v) is 1.18. The van der Waals surface area contributed by atoms with E-state index in [0.717, 1.165) is 12.1 Å². The Kier molecular flexibility index (Phi) is 3.11. The number of hydrogen-bond acceptors (Lipinski definition) is 2. The van der Waals surface area contributed by atoms with Crippen molar-refractivity contribution in [2.75, 3.05) is 19.0 Å². The molecule has 0 radical (unpaired) electrons. The van der Waals surface area contributed by atoms with Gasteiger partial charge in [-0.3, -0.25) is 4.79 Å². The molecular weight excluding hydrogens is 221 g/mol. The molecular formula is C10H11F3N2O. The lowest BCUT2D eigenvalue weighted by Gasteiger charge is -2.16. The summed E-state index contributed by atoms with van der Waals surface area (Å²) >= 11 is 0. The van der Waals surface area contributed by atoms with Crippen molar-refractivity contribution in [2.24, 2.45) is 5.73 Å². The standard InChI is InChI=1S/C10H11F3N2O/c1-15(2)8-4-6(9(14)16)3-7(5-8)10(11,12)13/h3-5H,1-2H3,(H2,14,16). The predicted octanol–water partition coefficient (Wildman–Crippen LogP) is 1.87. The fourth-order valence-electron chi connectivity index (χ4n) is 1.18. The first-order valence-corrected chi connectivity index (χ1v) is 4.41. The molecule has 0 heterocycles. The third kappa shape index (κ3) is 2.65. The third-order valence-corrected chi connectivity index (χ3v) is 2.05. The Hall–Kier alpha value is -1.72. The van der Waals surface area contributed by atoms with E-state index in [1.165, 1.54) is 11.0 Å². The summed E-state index contributed by atoms with van der Waals surface area (Å²) in [5.41, 5.74) is 4.22. The van der Waals surface area contributed by atoms with Crippen molar-refractivity contribution in [3.8, 4) is 0 Å². The lowest BCUT2D eigenvalue weighted by atomic mass is 10.1. The smallest absolute Gasteiger partial charge is 0.378 e. The molecule has 0 aliphatic carbocycles. The van der Waals surface area contributed by atoms with Crippen molar-refractivity contribution in [2.45, 2.75) is 6.18 Å². The zero-order chi connectivity index (χ0) is 12.5. The minimum Gasteiger partial charge on any atom is -0.378 e. The third-order valence-electron chi connectivity index (χ3n) is 2.05. The highest BCUT2D eigenvalue weighted by molar-refractivity contribution is 5.94. The molecule has 6 heteroatoms. The summed E-state index contributed by atoms with van der Waals surface area (Å²) in [5, 5.41) is 0. The first-order valence-electron chi connectivity index (χ1n) is 4.41. The summed E-state index contributed by atoms with van der Waals surface area (Å²) in [6, 6.07) is 3.03. The van der Waals surface area contributed by atoms with Crippen LogP contribution in [0.3, 0.4) is 0 Å². The number of carbonyl (C=O) groups excluding carboxylic acids is 1. The zero-order valence-electron chi connectivity index (χ0n) is 8.80. The van der Waals surface area contributed by atoms with Gasteiger partial charge in [0.1, 0.15) is 0 Å². The SMILES string of the molecule is CN(C)c1cc(C(N)=O)cc(C(F)(F)F)c1. The molecule has 0 fully saturated rings. The van der Waals surface area contributed by atoms with E-state index >= 15 is 0 Å². The maximum Gasteiger partial charge on any atom is 0.416 e. The summed E-state index contributed by atoms with van der Waals surface area (Å²) in [6.45, 7) is 0. The van der Waals surface area contributed by atoms with Crippen molar-refractivity contribution >= 4 is 11.6 Å². The highest BCUT2D eigenvalue weighted by Crippen LogP contribution is 2.32. The van der Waals surface area contributed by atoms with E-state index in [2.05, 4.69) is 0 Å². The van der Waals surface area contributed by atoms with Gasteiger partial charge in [-0.25, -0.2) is 0 Å². The molecule has 0 unspecified atom stereocenters. The number of alkyl halides is 3. The van der Waals surface area contributed by atoms with Gasteiger partial charge >= 0.3 is 6.18 Å². The molecule has 0 aliphatic rings. The Bertz CT molecular complexity index is 413. The zero-order valence-corrected chi connectivity index (χ0v) is 8.80. The second-order valence-electron chi connectivity index (χ2n) is 3.52. The maximum atomic E-state index is 12.5. The Morgan fingerprint density at radius 1 is 1.25 bits per heavy atom. The average molecular weight is 232 g/mol. The van der Waals surface area contributed by atoms with Gasteiger partial charge in [-0.15, -0.1) is 0 Å². The van der Waals surface area contributed by atoms with E-state index in [4.69, 9.17) is 5.73 Å². The van der Waals surface area contributed by atoms with E-state index in [0.29, 0.717) is 0 Å². The molecule has 0 saturated heterocycles. The van der Waals surface area contributed by atoms with Crippen LogP contribution in [-0.2, 0) is 6.18 Å². The number of rotatable bonds is 2. The number of hydrogen-bond donors (Lipinski definition) is 1. The normalized spacial score (nSPS) is 11.3. The number of nitrogens with two attached hydrogens (primary N) is 1. The fraction of sp³-hybridized carbons (Fsp3) is 0.300. The summed E-state index contributed by atoms with van der Waals surface area (Å²) in [7, 11) is 3.17. The van der Waals surface area contributed by atoms with Gasteiger partial charge in [0.15, 0.2) is 0 Å². The van der Waals surface area contributed by atoms with Crippen LogP contribution < -0.4 is 10.6 Å². The van der Waals surface area contributed by atoms with Gasteiger partial charge in [0.2, 0.25) is 5.91 Å². The Balaban J connectivity index is 3.36. The summed E-state index contributed by atoms with van der Waals surface area (Å²) in [4.78, 5) is 12.4. The topological polar surface area (TPSA) is 46.3 Å². The van der Waals surface area contributed by atoms with E-state index in [9.17, 15) is 18.0 Å². The Morgan fingerprint density at radius 2 is 1.81 bits per heavy atom. The van der Waals surface area contributed by atoms with Crippen molar-refractivity contribution in [3.63, 3.8) is 0 Å². The van der Waals surface area contributed by atoms with Crippen molar-refractivity contribution < 1.29 is 18.0 Å². The quantitative estimate of drug-likeness (QED) is 0.846. The van der Waals surface area contributed by atoms with Gasteiger partial charge in [-0.2, -0.15) is 13.2 Å². The molecule has 2 N–H and O–H groups in total. The molecule has 0 spiro atoms. The number of halogens is 3. The maximum absolute atomic E-state index is 12.5. The van der Waals surface area contributed by atoms with Crippen molar-refractivity contribution in [3.05, 3.63) is 29.3 Å². The monoisotopic (exact) mass is 232 g/mol. The van der Waals surface area contributed by atoms with E-state index < -0.39 is 17.6 Å². The van der Waals surface area contributed by atoms with Crippen molar-refractivity contribution in [1.29, 1.82) is 0 Å².